The SMILES string of the molecule is CC1OCCC1(O)CNC(=O)C1Cc2nc[nH]c2CN1. The molecule has 2 aliphatic heterocycles. The number of amides is 1. The Hall–Kier alpha value is -1.44. The van der Waals surface area contributed by atoms with E-state index in [9.17, 15) is 9.90 Å². The first kappa shape index (κ1) is 13.5. The van der Waals surface area contributed by atoms with E-state index in [0.29, 0.717) is 26.0 Å². The van der Waals surface area contributed by atoms with Crippen molar-refractivity contribution in [1.82, 2.24) is 20.6 Å². The number of rotatable bonds is 3. The summed E-state index contributed by atoms with van der Waals surface area (Å²) in [6.07, 6.45) is 2.51. The largest absolute Gasteiger partial charge is 0.385 e. The van der Waals surface area contributed by atoms with Crippen molar-refractivity contribution in [2.75, 3.05) is 13.2 Å². The third-order valence-electron chi connectivity index (χ3n) is 4.28. The fraction of sp³-hybridized carbons (Fsp3) is 0.692. The van der Waals surface area contributed by atoms with Crippen molar-refractivity contribution in [3.8, 4) is 0 Å². The highest BCUT2D eigenvalue weighted by Crippen LogP contribution is 2.24. The number of hydrogen-bond acceptors (Lipinski definition) is 5. The minimum atomic E-state index is -0.957. The molecule has 1 aromatic heterocycles. The molecule has 1 aromatic rings. The molecule has 0 aliphatic carbocycles. The Morgan fingerprint density at radius 1 is 1.70 bits per heavy atom. The molecule has 2 aliphatic rings. The Balaban J connectivity index is 1.55. The zero-order valence-corrected chi connectivity index (χ0v) is 11.5. The van der Waals surface area contributed by atoms with E-state index in [1.54, 1.807) is 6.33 Å². The molecule has 4 N–H and O–H groups in total. The van der Waals surface area contributed by atoms with E-state index in [1.807, 2.05) is 6.92 Å². The number of aromatic amines is 1. The van der Waals surface area contributed by atoms with Gasteiger partial charge in [-0.15, -0.1) is 0 Å². The first-order valence-electron chi connectivity index (χ1n) is 6.95. The lowest BCUT2D eigenvalue weighted by Gasteiger charge is -2.28. The van der Waals surface area contributed by atoms with Gasteiger partial charge in [-0.1, -0.05) is 0 Å². The van der Waals surface area contributed by atoms with Crippen molar-refractivity contribution >= 4 is 5.91 Å². The normalized spacial score (nSPS) is 32.9. The molecule has 3 heterocycles. The smallest absolute Gasteiger partial charge is 0.237 e. The second kappa shape index (κ2) is 5.16. The molecule has 0 aromatic carbocycles. The summed E-state index contributed by atoms with van der Waals surface area (Å²) in [5.41, 5.74) is 1.01. The molecule has 7 nitrogen and oxygen atoms in total. The Labute approximate surface area is 117 Å². The lowest BCUT2D eigenvalue weighted by Crippen LogP contribution is -2.53. The van der Waals surface area contributed by atoms with Crippen LogP contribution >= 0.6 is 0 Å². The predicted octanol–water partition coefficient (Wildman–Crippen LogP) is -0.920. The highest BCUT2D eigenvalue weighted by atomic mass is 16.5. The predicted molar refractivity (Wildman–Crippen MR) is 70.9 cm³/mol. The highest BCUT2D eigenvalue weighted by molar-refractivity contribution is 5.82. The fourth-order valence-electron chi connectivity index (χ4n) is 2.72. The van der Waals surface area contributed by atoms with Crippen LogP contribution in [0.5, 0.6) is 0 Å². The minimum absolute atomic E-state index is 0.105. The van der Waals surface area contributed by atoms with Crippen LogP contribution in [-0.4, -0.2) is 51.9 Å². The van der Waals surface area contributed by atoms with E-state index >= 15 is 0 Å². The van der Waals surface area contributed by atoms with Crippen LogP contribution in [0.1, 0.15) is 24.7 Å². The molecule has 3 atom stereocenters. The summed E-state index contributed by atoms with van der Waals surface area (Å²) >= 11 is 0. The van der Waals surface area contributed by atoms with Crippen molar-refractivity contribution in [2.45, 2.75) is 44.1 Å². The van der Waals surface area contributed by atoms with Crippen LogP contribution in [0.2, 0.25) is 0 Å². The molecule has 0 radical (unpaired) electrons. The van der Waals surface area contributed by atoms with Crippen LogP contribution in [0, 0.1) is 0 Å². The molecule has 3 rings (SSSR count). The number of H-pyrrole nitrogens is 1. The summed E-state index contributed by atoms with van der Waals surface area (Å²) in [4.78, 5) is 19.4. The molecule has 20 heavy (non-hydrogen) atoms. The van der Waals surface area contributed by atoms with Crippen LogP contribution in [0.3, 0.4) is 0 Å². The summed E-state index contributed by atoms with van der Waals surface area (Å²) in [6, 6.07) is -0.299. The van der Waals surface area contributed by atoms with Gasteiger partial charge in [0.05, 0.1) is 29.9 Å². The van der Waals surface area contributed by atoms with Gasteiger partial charge in [0.15, 0.2) is 0 Å². The molecule has 0 bridgehead atoms. The lowest BCUT2D eigenvalue weighted by atomic mass is 9.96. The molecule has 3 unspecified atom stereocenters. The van der Waals surface area contributed by atoms with Gasteiger partial charge in [0, 0.05) is 32.5 Å². The van der Waals surface area contributed by atoms with E-state index in [0.717, 1.165) is 11.4 Å². The number of carbonyl (C=O) groups excluding carboxylic acids is 1. The topological polar surface area (TPSA) is 99.3 Å². The van der Waals surface area contributed by atoms with Crippen molar-refractivity contribution in [3.05, 3.63) is 17.7 Å². The molecular formula is C13H20N4O3. The van der Waals surface area contributed by atoms with E-state index in [2.05, 4.69) is 20.6 Å². The number of aromatic nitrogens is 2. The van der Waals surface area contributed by atoms with E-state index < -0.39 is 5.60 Å². The number of hydrogen-bond donors (Lipinski definition) is 4. The van der Waals surface area contributed by atoms with Gasteiger partial charge in [-0.25, -0.2) is 4.98 Å². The molecule has 110 valence electrons. The van der Waals surface area contributed by atoms with Gasteiger partial charge in [-0.3, -0.25) is 10.1 Å². The number of imidazole rings is 1. The number of fused-ring (bicyclic) bond motifs is 1. The lowest BCUT2D eigenvalue weighted by molar-refractivity contribution is -0.125. The van der Waals surface area contributed by atoms with Crippen LogP contribution in [0.4, 0.5) is 0 Å². The third-order valence-corrected chi connectivity index (χ3v) is 4.28. The average Bonchev–Trinajstić information content (AvgIpc) is 3.03. The zero-order chi connectivity index (χ0) is 14.2. The third kappa shape index (κ3) is 2.44. The molecular weight excluding hydrogens is 260 g/mol. The molecule has 1 amide bonds. The molecule has 1 fully saturated rings. The Morgan fingerprint density at radius 2 is 2.55 bits per heavy atom. The maximum atomic E-state index is 12.2. The monoisotopic (exact) mass is 280 g/mol. The van der Waals surface area contributed by atoms with Crippen molar-refractivity contribution in [2.24, 2.45) is 0 Å². The molecule has 7 heteroatoms. The summed E-state index contributed by atoms with van der Waals surface area (Å²) in [5, 5.41) is 16.3. The first-order chi connectivity index (χ1) is 9.58. The van der Waals surface area contributed by atoms with E-state index in [-0.39, 0.29) is 24.6 Å². The Bertz CT molecular complexity index is 504. The number of aliphatic hydroxyl groups is 1. The zero-order valence-electron chi connectivity index (χ0n) is 11.5. The van der Waals surface area contributed by atoms with Crippen LogP contribution in [0.15, 0.2) is 6.33 Å². The summed E-state index contributed by atoms with van der Waals surface area (Å²) in [7, 11) is 0. The van der Waals surface area contributed by atoms with Gasteiger partial charge in [0.25, 0.3) is 0 Å². The van der Waals surface area contributed by atoms with E-state index in [1.165, 1.54) is 0 Å². The summed E-state index contributed by atoms with van der Waals surface area (Å²) in [6.45, 7) is 3.19. The summed E-state index contributed by atoms with van der Waals surface area (Å²) < 4.78 is 5.35. The van der Waals surface area contributed by atoms with Crippen molar-refractivity contribution in [3.63, 3.8) is 0 Å². The van der Waals surface area contributed by atoms with Crippen LogP contribution < -0.4 is 10.6 Å². The summed E-state index contributed by atoms with van der Waals surface area (Å²) in [5.74, 6) is -0.105. The maximum Gasteiger partial charge on any atom is 0.237 e. The second-order valence-electron chi connectivity index (χ2n) is 5.55. The van der Waals surface area contributed by atoms with Crippen LogP contribution in [0.25, 0.3) is 0 Å². The molecule has 0 spiro atoms. The Morgan fingerprint density at radius 3 is 3.30 bits per heavy atom. The van der Waals surface area contributed by atoms with Gasteiger partial charge >= 0.3 is 0 Å². The fourth-order valence-corrected chi connectivity index (χ4v) is 2.72. The van der Waals surface area contributed by atoms with Gasteiger partial charge in [-0.2, -0.15) is 0 Å². The highest BCUT2D eigenvalue weighted by Gasteiger charge is 2.40. The minimum Gasteiger partial charge on any atom is -0.385 e. The van der Waals surface area contributed by atoms with Crippen molar-refractivity contribution < 1.29 is 14.6 Å². The maximum absolute atomic E-state index is 12.2. The molecule has 0 saturated carbocycles. The Kier molecular flexibility index (Phi) is 3.49. The number of carbonyl (C=O) groups is 1. The quantitative estimate of drug-likeness (QED) is 0.574. The number of nitrogens with zero attached hydrogens (tertiary/aromatic N) is 1. The average molecular weight is 280 g/mol. The van der Waals surface area contributed by atoms with Crippen molar-refractivity contribution in [1.29, 1.82) is 0 Å². The van der Waals surface area contributed by atoms with Gasteiger partial charge in [0.2, 0.25) is 5.91 Å². The first-order valence-corrected chi connectivity index (χ1v) is 6.95. The second-order valence-corrected chi connectivity index (χ2v) is 5.55. The molecule has 1 saturated heterocycles. The van der Waals surface area contributed by atoms with E-state index in [4.69, 9.17) is 4.74 Å². The number of ether oxygens (including phenoxy) is 1. The van der Waals surface area contributed by atoms with Gasteiger partial charge < -0.3 is 20.1 Å². The van der Waals surface area contributed by atoms with Gasteiger partial charge in [0.1, 0.15) is 5.60 Å². The number of nitrogens with one attached hydrogen (secondary N) is 3. The van der Waals surface area contributed by atoms with Crippen LogP contribution in [-0.2, 0) is 22.5 Å². The van der Waals surface area contributed by atoms with Gasteiger partial charge in [-0.05, 0) is 6.92 Å². The standard InChI is InChI=1S/C13H20N4O3/c1-8-13(19,2-3-20-8)6-15-12(18)10-4-9-11(5-14-10)17-7-16-9/h7-8,10,14,19H,2-6H2,1H3,(H,15,18)(H,16,17).